The quantitative estimate of drug-likeness (QED) is 0.268. The predicted octanol–water partition coefficient (Wildman–Crippen LogP) is 6.35. The number of benzene rings is 2. The van der Waals surface area contributed by atoms with Crippen LogP contribution in [0.1, 0.15) is 56.6 Å². The summed E-state index contributed by atoms with van der Waals surface area (Å²) in [5, 5.41) is 0. The lowest BCUT2D eigenvalue weighted by Crippen LogP contribution is -2.12. The van der Waals surface area contributed by atoms with Gasteiger partial charge in [-0.3, -0.25) is 0 Å². The molecule has 2 aromatic carbocycles. The third kappa shape index (κ3) is 7.73. The van der Waals surface area contributed by atoms with E-state index in [1.165, 1.54) is 24.8 Å². The molecule has 3 heteroatoms. The zero-order valence-electron chi connectivity index (χ0n) is 15.8. The van der Waals surface area contributed by atoms with Gasteiger partial charge in [0.05, 0.1) is 6.61 Å². The Morgan fingerprint density at radius 3 is 2.31 bits per heavy atom. The minimum atomic E-state index is -0.599. The number of hydrogen-bond donors (Lipinski definition) is 0. The Morgan fingerprint density at radius 1 is 0.808 bits per heavy atom. The van der Waals surface area contributed by atoms with Crippen LogP contribution in [0.3, 0.4) is 0 Å². The molecule has 0 saturated heterocycles. The van der Waals surface area contributed by atoms with Gasteiger partial charge in [-0.2, -0.15) is 0 Å². The summed E-state index contributed by atoms with van der Waals surface area (Å²) in [5.41, 5.74) is 2.45. The highest BCUT2D eigenvalue weighted by Gasteiger charge is 2.09. The van der Waals surface area contributed by atoms with Crippen molar-refractivity contribution in [3.8, 4) is 5.75 Å². The first kappa shape index (κ1) is 20.0. The second-order valence-corrected chi connectivity index (χ2v) is 6.56. The molecule has 3 nitrogen and oxygen atoms in total. The standard InChI is InChI=1S/C23H30O3/c1-2-13-21-17-10-11-18-22(21)26-23(24)25-19-12-5-3-4-7-14-20-15-8-6-9-16-20/h6,8-11,15-18H,2-5,7,12-14,19H2,1H3. The van der Waals surface area contributed by atoms with Crippen molar-refractivity contribution < 1.29 is 14.3 Å². The molecule has 0 aromatic heterocycles. The molecule has 0 aliphatic rings. The zero-order valence-corrected chi connectivity index (χ0v) is 15.8. The Labute approximate surface area is 157 Å². The van der Waals surface area contributed by atoms with Crippen LogP contribution in [0, 0.1) is 0 Å². The summed E-state index contributed by atoms with van der Waals surface area (Å²) < 4.78 is 10.5. The Hall–Kier alpha value is -2.29. The molecule has 0 atom stereocenters. The first-order valence-corrected chi connectivity index (χ1v) is 9.76. The molecule has 0 aliphatic carbocycles. The molecule has 2 rings (SSSR count). The van der Waals surface area contributed by atoms with Crippen LogP contribution < -0.4 is 4.74 Å². The monoisotopic (exact) mass is 354 g/mol. The number of rotatable bonds is 11. The Kier molecular flexibility index (Phi) is 9.34. The molecule has 0 aliphatic heterocycles. The number of carbonyl (C=O) groups is 1. The van der Waals surface area contributed by atoms with Crippen LogP contribution in [0.5, 0.6) is 5.75 Å². The number of para-hydroxylation sites is 1. The fourth-order valence-corrected chi connectivity index (χ4v) is 2.96. The highest BCUT2D eigenvalue weighted by atomic mass is 16.7. The van der Waals surface area contributed by atoms with Gasteiger partial charge in [0.15, 0.2) is 0 Å². The Balaban J connectivity index is 1.52. The second-order valence-electron chi connectivity index (χ2n) is 6.56. The van der Waals surface area contributed by atoms with E-state index in [0.717, 1.165) is 37.7 Å². The Morgan fingerprint density at radius 2 is 1.50 bits per heavy atom. The van der Waals surface area contributed by atoms with Gasteiger partial charge >= 0.3 is 6.16 Å². The smallest absolute Gasteiger partial charge is 0.434 e. The van der Waals surface area contributed by atoms with E-state index in [2.05, 4.69) is 37.3 Å². The summed E-state index contributed by atoms with van der Waals surface area (Å²) in [7, 11) is 0. The topological polar surface area (TPSA) is 35.5 Å². The molecule has 0 heterocycles. The van der Waals surface area contributed by atoms with E-state index < -0.39 is 6.16 Å². The molecule has 0 spiro atoms. The van der Waals surface area contributed by atoms with Crippen LogP contribution in [0.15, 0.2) is 54.6 Å². The fraction of sp³-hybridized carbons (Fsp3) is 0.435. The maximum Gasteiger partial charge on any atom is 0.513 e. The average molecular weight is 354 g/mol. The number of aryl methyl sites for hydroxylation is 2. The van der Waals surface area contributed by atoms with Crippen LogP contribution >= 0.6 is 0 Å². The van der Waals surface area contributed by atoms with Crippen molar-refractivity contribution in [1.29, 1.82) is 0 Å². The van der Waals surface area contributed by atoms with E-state index in [0.29, 0.717) is 12.4 Å². The number of hydrogen-bond acceptors (Lipinski definition) is 3. The molecule has 2 aromatic rings. The van der Waals surface area contributed by atoms with E-state index >= 15 is 0 Å². The van der Waals surface area contributed by atoms with Crippen molar-refractivity contribution in [3.05, 3.63) is 65.7 Å². The largest absolute Gasteiger partial charge is 0.513 e. The molecule has 0 saturated carbocycles. The molecule has 140 valence electrons. The molecular formula is C23H30O3. The molecule has 26 heavy (non-hydrogen) atoms. The summed E-state index contributed by atoms with van der Waals surface area (Å²) in [6.45, 7) is 2.53. The van der Waals surface area contributed by atoms with Gasteiger partial charge in [0.25, 0.3) is 0 Å². The first-order chi connectivity index (χ1) is 12.8. The summed E-state index contributed by atoms with van der Waals surface area (Å²) in [6, 6.07) is 18.2. The Bertz CT molecular complexity index is 637. The lowest BCUT2D eigenvalue weighted by atomic mass is 10.1. The van der Waals surface area contributed by atoms with Crippen LogP contribution in [0.4, 0.5) is 4.79 Å². The first-order valence-electron chi connectivity index (χ1n) is 9.76. The number of ether oxygens (including phenoxy) is 2. The third-order valence-electron chi connectivity index (χ3n) is 4.36. The average Bonchev–Trinajstić information content (AvgIpc) is 2.66. The van der Waals surface area contributed by atoms with Crippen molar-refractivity contribution in [2.24, 2.45) is 0 Å². The minimum absolute atomic E-state index is 0.424. The van der Waals surface area contributed by atoms with Gasteiger partial charge in [-0.25, -0.2) is 4.79 Å². The van der Waals surface area contributed by atoms with Crippen molar-refractivity contribution in [1.82, 2.24) is 0 Å². The summed E-state index contributed by atoms with van der Waals surface area (Å²) in [5.74, 6) is 0.611. The number of unbranched alkanes of at least 4 members (excludes halogenated alkanes) is 4. The normalized spacial score (nSPS) is 10.5. The second kappa shape index (κ2) is 12.1. The maximum absolute atomic E-state index is 11.8. The van der Waals surface area contributed by atoms with Crippen molar-refractivity contribution in [3.63, 3.8) is 0 Å². The van der Waals surface area contributed by atoms with Crippen molar-refractivity contribution in [2.45, 2.75) is 58.3 Å². The van der Waals surface area contributed by atoms with E-state index in [9.17, 15) is 4.79 Å². The summed E-state index contributed by atoms with van der Waals surface area (Å²) in [4.78, 5) is 11.8. The molecule has 0 bridgehead atoms. The van der Waals surface area contributed by atoms with E-state index in [-0.39, 0.29) is 0 Å². The van der Waals surface area contributed by atoms with Gasteiger partial charge in [0.1, 0.15) is 5.75 Å². The molecule has 0 amide bonds. The summed E-state index contributed by atoms with van der Waals surface area (Å²) >= 11 is 0. The van der Waals surface area contributed by atoms with Crippen LogP contribution in [-0.2, 0) is 17.6 Å². The highest BCUT2D eigenvalue weighted by molar-refractivity contribution is 5.64. The minimum Gasteiger partial charge on any atom is -0.434 e. The zero-order chi connectivity index (χ0) is 18.5. The van der Waals surface area contributed by atoms with Gasteiger partial charge in [-0.15, -0.1) is 0 Å². The van der Waals surface area contributed by atoms with Gasteiger partial charge < -0.3 is 9.47 Å². The van der Waals surface area contributed by atoms with Crippen molar-refractivity contribution in [2.75, 3.05) is 6.61 Å². The molecule has 0 fully saturated rings. The van der Waals surface area contributed by atoms with Crippen molar-refractivity contribution >= 4 is 6.16 Å². The highest BCUT2D eigenvalue weighted by Crippen LogP contribution is 2.20. The molecular weight excluding hydrogens is 324 g/mol. The van der Waals surface area contributed by atoms with Gasteiger partial charge in [-0.1, -0.05) is 81.1 Å². The van der Waals surface area contributed by atoms with Crippen LogP contribution in [0.25, 0.3) is 0 Å². The molecule has 0 radical (unpaired) electrons. The van der Waals surface area contributed by atoms with E-state index in [1.807, 2.05) is 24.3 Å². The fourth-order valence-electron chi connectivity index (χ4n) is 2.96. The summed E-state index contributed by atoms with van der Waals surface area (Å²) in [6.07, 6.45) is 8.01. The predicted molar refractivity (Wildman–Crippen MR) is 106 cm³/mol. The van der Waals surface area contributed by atoms with Crippen LogP contribution in [0.2, 0.25) is 0 Å². The third-order valence-corrected chi connectivity index (χ3v) is 4.36. The molecule has 0 N–H and O–H groups in total. The molecule has 0 unspecified atom stereocenters. The van der Waals surface area contributed by atoms with E-state index in [4.69, 9.17) is 9.47 Å². The SMILES string of the molecule is CCCc1ccccc1OC(=O)OCCCCCCCc1ccccc1. The van der Waals surface area contributed by atoms with Crippen LogP contribution in [-0.4, -0.2) is 12.8 Å². The maximum atomic E-state index is 11.8. The van der Waals surface area contributed by atoms with Gasteiger partial charge in [0.2, 0.25) is 0 Å². The lowest BCUT2D eigenvalue weighted by molar-refractivity contribution is 0.0969. The van der Waals surface area contributed by atoms with Gasteiger partial charge in [-0.05, 0) is 42.9 Å². The van der Waals surface area contributed by atoms with Gasteiger partial charge in [0, 0.05) is 0 Å². The number of carbonyl (C=O) groups excluding carboxylic acids is 1. The van der Waals surface area contributed by atoms with E-state index in [1.54, 1.807) is 0 Å². The lowest BCUT2D eigenvalue weighted by Gasteiger charge is -2.09.